The Morgan fingerprint density at radius 2 is 1.27 bits per heavy atom. The van der Waals surface area contributed by atoms with Gasteiger partial charge in [0.2, 0.25) is 5.91 Å². The SMILES string of the molecule is CC/C=C\C/C=C\C/C=C\C/C=C\CCCCCCCCCCCCC(=O)NC(COP(=O)([O-])OCC[N+](C)(C)C)C(O)/C=C/CCC. The van der Waals surface area contributed by atoms with Crippen molar-refractivity contribution >= 4 is 13.7 Å². The maximum Gasteiger partial charge on any atom is 0.268 e. The zero-order chi connectivity index (χ0) is 35.8. The molecular weight excluding hydrogens is 623 g/mol. The van der Waals surface area contributed by atoms with Crippen molar-refractivity contribution in [3.8, 4) is 0 Å². The number of phosphoric ester groups is 1. The van der Waals surface area contributed by atoms with Crippen molar-refractivity contribution < 1.29 is 32.9 Å². The second kappa shape index (κ2) is 31.2. The largest absolute Gasteiger partial charge is 0.756 e. The van der Waals surface area contributed by atoms with Gasteiger partial charge in [-0.2, -0.15) is 0 Å². The molecule has 0 saturated heterocycles. The Labute approximate surface area is 294 Å². The van der Waals surface area contributed by atoms with E-state index in [1.54, 1.807) is 6.08 Å². The van der Waals surface area contributed by atoms with Gasteiger partial charge in [-0.25, -0.2) is 0 Å². The summed E-state index contributed by atoms with van der Waals surface area (Å²) < 4.78 is 22.8. The minimum Gasteiger partial charge on any atom is -0.756 e. The molecule has 0 fully saturated rings. The number of unbranched alkanes of at least 4 members (excludes halogenated alkanes) is 11. The molecule has 3 unspecified atom stereocenters. The van der Waals surface area contributed by atoms with E-state index in [2.05, 4.69) is 60.8 Å². The highest BCUT2D eigenvalue weighted by molar-refractivity contribution is 7.45. The van der Waals surface area contributed by atoms with Crippen LogP contribution in [0.4, 0.5) is 0 Å². The second-order valence-electron chi connectivity index (χ2n) is 13.5. The van der Waals surface area contributed by atoms with Gasteiger partial charge in [0.1, 0.15) is 13.2 Å². The van der Waals surface area contributed by atoms with E-state index >= 15 is 0 Å². The summed E-state index contributed by atoms with van der Waals surface area (Å²) in [5.74, 6) is -0.219. The third-order valence-corrected chi connectivity index (χ3v) is 8.68. The van der Waals surface area contributed by atoms with Gasteiger partial charge in [-0.15, -0.1) is 0 Å². The number of aliphatic hydroxyl groups excluding tert-OH is 1. The van der Waals surface area contributed by atoms with Crippen molar-refractivity contribution in [2.75, 3.05) is 40.9 Å². The zero-order valence-corrected chi connectivity index (χ0v) is 32.1. The third kappa shape index (κ3) is 32.7. The number of hydrogen-bond donors (Lipinski definition) is 2. The number of nitrogens with zero attached hydrogens (tertiary/aromatic N) is 1. The molecular formula is C39H71N2O6P. The Hall–Kier alpha value is -1.80. The lowest BCUT2D eigenvalue weighted by atomic mass is 10.0. The van der Waals surface area contributed by atoms with E-state index in [1.807, 2.05) is 34.1 Å². The first-order chi connectivity index (χ1) is 23.0. The third-order valence-electron chi connectivity index (χ3n) is 7.71. The van der Waals surface area contributed by atoms with Crippen LogP contribution in [-0.2, 0) is 18.4 Å². The molecule has 0 aromatic rings. The van der Waals surface area contributed by atoms with Crippen LogP contribution in [0.25, 0.3) is 0 Å². The van der Waals surface area contributed by atoms with Gasteiger partial charge in [-0.05, 0) is 51.4 Å². The molecule has 0 aliphatic rings. The van der Waals surface area contributed by atoms with Gasteiger partial charge in [0, 0.05) is 6.42 Å². The van der Waals surface area contributed by atoms with E-state index in [-0.39, 0.29) is 19.1 Å². The van der Waals surface area contributed by atoms with Crippen molar-refractivity contribution in [2.45, 2.75) is 142 Å². The second-order valence-corrected chi connectivity index (χ2v) is 15.0. The Kier molecular flexibility index (Phi) is 30.0. The average molecular weight is 695 g/mol. The van der Waals surface area contributed by atoms with E-state index in [9.17, 15) is 19.4 Å². The van der Waals surface area contributed by atoms with Crippen LogP contribution < -0.4 is 10.2 Å². The smallest absolute Gasteiger partial charge is 0.268 e. The van der Waals surface area contributed by atoms with E-state index in [1.165, 1.54) is 51.4 Å². The molecule has 0 aliphatic carbocycles. The number of amides is 1. The highest BCUT2D eigenvalue weighted by Crippen LogP contribution is 2.38. The Morgan fingerprint density at radius 3 is 1.81 bits per heavy atom. The first kappa shape index (κ1) is 46.2. The predicted molar refractivity (Wildman–Crippen MR) is 201 cm³/mol. The molecule has 2 N–H and O–H groups in total. The van der Waals surface area contributed by atoms with Gasteiger partial charge >= 0.3 is 0 Å². The molecule has 1 amide bonds. The van der Waals surface area contributed by atoms with Crippen molar-refractivity contribution in [1.29, 1.82) is 0 Å². The summed E-state index contributed by atoms with van der Waals surface area (Å²) in [6, 6.07) is -0.885. The summed E-state index contributed by atoms with van der Waals surface area (Å²) in [6.07, 6.45) is 39.2. The maximum absolute atomic E-state index is 12.6. The molecule has 48 heavy (non-hydrogen) atoms. The van der Waals surface area contributed by atoms with E-state index in [0.717, 1.165) is 57.8 Å². The molecule has 0 rings (SSSR count). The van der Waals surface area contributed by atoms with Crippen molar-refractivity contribution in [2.24, 2.45) is 0 Å². The molecule has 9 heteroatoms. The molecule has 3 atom stereocenters. The van der Waals surface area contributed by atoms with E-state index in [0.29, 0.717) is 17.4 Å². The number of carbonyl (C=O) groups is 1. The molecule has 0 spiro atoms. The minimum atomic E-state index is -4.56. The summed E-state index contributed by atoms with van der Waals surface area (Å²) in [6.45, 7) is 4.28. The number of carbonyl (C=O) groups excluding carboxylic acids is 1. The number of hydrogen-bond acceptors (Lipinski definition) is 6. The lowest BCUT2D eigenvalue weighted by molar-refractivity contribution is -0.870. The van der Waals surface area contributed by atoms with Crippen LogP contribution in [0.2, 0.25) is 0 Å². The van der Waals surface area contributed by atoms with Gasteiger partial charge in [0.25, 0.3) is 7.82 Å². The Balaban J connectivity index is 4.04. The predicted octanol–water partition coefficient (Wildman–Crippen LogP) is 8.88. The standard InChI is InChI=1S/C39H71N2O6P/c1-6-8-10-11-12-13-14-15-16-17-18-19-20-21-22-23-24-25-26-27-28-29-31-33-39(43)40-37(38(42)32-30-9-7-2)36-47-48(44,45)46-35-34-41(3,4)5/h8,10,12-13,15-16,18-19,30,32,37-38,42H,6-7,9,11,14,17,20-29,31,33-36H2,1-5H3,(H-,40,43,44,45)/b10-8-,13-12-,16-15-,19-18-,32-30+. The van der Waals surface area contributed by atoms with Gasteiger partial charge in [0.15, 0.2) is 0 Å². The summed E-state index contributed by atoms with van der Waals surface area (Å²) in [5, 5.41) is 13.4. The molecule has 8 nitrogen and oxygen atoms in total. The number of rotatable bonds is 32. The first-order valence-corrected chi connectivity index (χ1v) is 20.1. The highest BCUT2D eigenvalue weighted by Gasteiger charge is 2.23. The summed E-state index contributed by atoms with van der Waals surface area (Å²) >= 11 is 0. The van der Waals surface area contributed by atoms with Crippen LogP contribution >= 0.6 is 7.82 Å². The van der Waals surface area contributed by atoms with Crippen LogP contribution in [0.1, 0.15) is 129 Å². The quantitative estimate of drug-likeness (QED) is 0.0315. The normalized spacial score (nSPS) is 15.4. The van der Waals surface area contributed by atoms with Crippen molar-refractivity contribution in [3.63, 3.8) is 0 Å². The molecule has 0 aromatic carbocycles. The van der Waals surface area contributed by atoms with Gasteiger partial charge in [-0.1, -0.05) is 132 Å². The summed E-state index contributed by atoms with van der Waals surface area (Å²) in [5.41, 5.74) is 0. The van der Waals surface area contributed by atoms with Crippen molar-refractivity contribution in [3.05, 3.63) is 60.8 Å². The fourth-order valence-electron chi connectivity index (χ4n) is 4.74. The number of nitrogens with one attached hydrogen (secondary N) is 1. The molecule has 278 valence electrons. The number of aliphatic hydroxyl groups is 1. The fourth-order valence-corrected chi connectivity index (χ4v) is 5.46. The number of quaternary nitrogens is 1. The van der Waals surface area contributed by atoms with Crippen LogP contribution in [0.3, 0.4) is 0 Å². The zero-order valence-electron chi connectivity index (χ0n) is 31.2. The first-order valence-electron chi connectivity index (χ1n) is 18.7. The fraction of sp³-hybridized carbons (Fsp3) is 0.718. The lowest BCUT2D eigenvalue weighted by Crippen LogP contribution is -2.45. The van der Waals surface area contributed by atoms with Crippen LogP contribution in [0, 0.1) is 0 Å². The lowest BCUT2D eigenvalue weighted by Gasteiger charge is -2.29. The molecule has 0 radical (unpaired) electrons. The van der Waals surface area contributed by atoms with Gasteiger partial charge in [-0.3, -0.25) is 9.36 Å². The minimum absolute atomic E-state index is 0.00644. The molecule has 0 bridgehead atoms. The van der Waals surface area contributed by atoms with E-state index in [4.69, 9.17) is 9.05 Å². The van der Waals surface area contributed by atoms with Crippen LogP contribution in [-0.4, -0.2) is 68.5 Å². The molecule has 0 aromatic heterocycles. The Bertz CT molecular complexity index is 970. The average Bonchev–Trinajstić information content (AvgIpc) is 3.02. The van der Waals surface area contributed by atoms with Gasteiger partial charge < -0.3 is 28.8 Å². The molecule has 0 aliphatic heterocycles. The van der Waals surface area contributed by atoms with Crippen LogP contribution in [0.15, 0.2) is 60.8 Å². The number of likely N-dealkylation sites (N-methyl/N-ethyl adjacent to an activating group) is 1. The maximum atomic E-state index is 12.6. The number of allylic oxidation sites excluding steroid dienone is 9. The number of phosphoric acid groups is 1. The van der Waals surface area contributed by atoms with Crippen LogP contribution in [0.5, 0.6) is 0 Å². The Morgan fingerprint density at radius 1 is 0.750 bits per heavy atom. The van der Waals surface area contributed by atoms with E-state index < -0.39 is 20.0 Å². The highest BCUT2D eigenvalue weighted by atomic mass is 31.2. The summed E-state index contributed by atoms with van der Waals surface area (Å²) in [4.78, 5) is 24.8. The molecule has 0 saturated carbocycles. The van der Waals surface area contributed by atoms with Crippen molar-refractivity contribution in [1.82, 2.24) is 5.32 Å². The summed E-state index contributed by atoms with van der Waals surface area (Å²) in [7, 11) is 1.24. The topological polar surface area (TPSA) is 108 Å². The molecule has 0 heterocycles. The van der Waals surface area contributed by atoms with Gasteiger partial charge in [0.05, 0.1) is 39.9 Å². The monoisotopic (exact) mass is 695 g/mol.